The zero-order chi connectivity index (χ0) is 12.3. The van der Waals surface area contributed by atoms with Gasteiger partial charge in [0.2, 0.25) is 0 Å². The molecule has 3 nitrogen and oxygen atoms in total. The van der Waals surface area contributed by atoms with E-state index in [1.54, 1.807) is 10.6 Å². The van der Waals surface area contributed by atoms with Crippen molar-refractivity contribution >= 4 is 12.6 Å². The SMILES string of the molecule is Cc1ccn(CC2(CS)CCOCC2)c(=O)c1. The van der Waals surface area contributed by atoms with Crippen molar-refractivity contribution in [3.8, 4) is 0 Å². The van der Waals surface area contributed by atoms with Crippen molar-refractivity contribution in [2.45, 2.75) is 26.3 Å². The van der Waals surface area contributed by atoms with Crippen LogP contribution in [-0.2, 0) is 11.3 Å². The van der Waals surface area contributed by atoms with E-state index in [1.165, 1.54) is 0 Å². The molecule has 0 atom stereocenters. The Hall–Kier alpha value is -0.740. The number of ether oxygens (including phenoxy) is 1. The van der Waals surface area contributed by atoms with Gasteiger partial charge in [0.25, 0.3) is 5.56 Å². The molecule has 0 aromatic carbocycles. The van der Waals surface area contributed by atoms with Crippen LogP contribution in [0.4, 0.5) is 0 Å². The Morgan fingerprint density at radius 1 is 1.47 bits per heavy atom. The molecule has 4 heteroatoms. The summed E-state index contributed by atoms with van der Waals surface area (Å²) in [5.74, 6) is 0.802. The smallest absolute Gasteiger partial charge is 0.250 e. The topological polar surface area (TPSA) is 31.2 Å². The minimum absolute atomic E-state index is 0.0812. The summed E-state index contributed by atoms with van der Waals surface area (Å²) >= 11 is 4.46. The van der Waals surface area contributed by atoms with Crippen LogP contribution in [0.2, 0.25) is 0 Å². The molecule has 1 aliphatic heterocycles. The maximum atomic E-state index is 11.9. The lowest BCUT2D eigenvalue weighted by molar-refractivity contribution is 0.0177. The third-order valence-corrected chi connectivity index (χ3v) is 4.22. The van der Waals surface area contributed by atoms with E-state index in [0.717, 1.165) is 43.9 Å². The van der Waals surface area contributed by atoms with Gasteiger partial charge in [-0.15, -0.1) is 0 Å². The average molecular weight is 253 g/mol. The summed E-state index contributed by atoms with van der Waals surface area (Å²) < 4.78 is 7.19. The number of aromatic nitrogens is 1. The first kappa shape index (κ1) is 12.7. The summed E-state index contributed by atoms with van der Waals surface area (Å²) in [5, 5.41) is 0. The predicted molar refractivity (Wildman–Crippen MR) is 71.8 cm³/mol. The first-order valence-corrected chi connectivity index (χ1v) is 6.64. The third kappa shape index (κ3) is 2.93. The summed E-state index contributed by atoms with van der Waals surface area (Å²) in [6, 6.07) is 3.67. The number of hydrogen-bond donors (Lipinski definition) is 1. The van der Waals surface area contributed by atoms with Crippen molar-refractivity contribution in [2.24, 2.45) is 5.41 Å². The number of rotatable bonds is 3. The number of aryl methyl sites for hydroxylation is 1. The van der Waals surface area contributed by atoms with Crippen LogP contribution in [0.15, 0.2) is 23.1 Å². The van der Waals surface area contributed by atoms with E-state index in [0.29, 0.717) is 0 Å². The van der Waals surface area contributed by atoms with Gasteiger partial charge in [-0.2, -0.15) is 12.6 Å². The third-order valence-electron chi connectivity index (χ3n) is 3.55. The molecule has 17 heavy (non-hydrogen) atoms. The number of nitrogens with zero attached hydrogens (tertiary/aromatic N) is 1. The fourth-order valence-electron chi connectivity index (χ4n) is 2.27. The Bertz CT molecular complexity index is 435. The highest BCUT2D eigenvalue weighted by atomic mass is 32.1. The van der Waals surface area contributed by atoms with Crippen LogP contribution in [0.3, 0.4) is 0 Å². The lowest BCUT2D eigenvalue weighted by atomic mass is 9.82. The quantitative estimate of drug-likeness (QED) is 0.834. The molecular weight excluding hydrogens is 234 g/mol. The van der Waals surface area contributed by atoms with Gasteiger partial charge in [-0.25, -0.2) is 0 Å². The van der Waals surface area contributed by atoms with Crippen LogP contribution in [0.1, 0.15) is 18.4 Å². The van der Waals surface area contributed by atoms with Crippen molar-refractivity contribution < 1.29 is 4.74 Å². The summed E-state index contributed by atoms with van der Waals surface area (Å²) in [6.07, 6.45) is 3.85. The molecule has 0 spiro atoms. The molecule has 2 heterocycles. The molecule has 2 rings (SSSR count). The van der Waals surface area contributed by atoms with Crippen LogP contribution in [0, 0.1) is 12.3 Å². The van der Waals surface area contributed by atoms with E-state index < -0.39 is 0 Å². The van der Waals surface area contributed by atoms with Crippen molar-refractivity contribution in [2.75, 3.05) is 19.0 Å². The second-order valence-corrected chi connectivity index (χ2v) is 5.26. The number of pyridine rings is 1. The predicted octanol–water partition coefficient (Wildman–Crippen LogP) is 1.88. The molecule has 1 saturated heterocycles. The van der Waals surface area contributed by atoms with Crippen molar-refractivity contribution in [3.05, 3.63) is 34.2 Å². The van der Waals surface area contributed by atoms with Crippen molar-refractivity contribution in [1.29, 1.82) is 0 Å². The first-order chi connectivity index (χ1) is 8.15. The van der Waals surface area contributed by atoms with Crippen molar-refractivity contribution in [3.63, 3.8) is 0 Å². The van der Waals surface area contributed by atoms with Gasteiger partial charge in [0, 0.05) is 37.4 Å². The summed E-state index contributed by atoms with van der Waals surface area (Å²) in [7, 11) is 0. The summed E-state index contributed by atoms with van der Waals surface area (Å²) in [5.41, 5.74) is 1.20. The highest BCUT2D eigenvalue weighted by Crippen LogP contribution is 2.33. The fraction of sp³-hybridized carbons (Fsp3) is 0.615. The highest BCUT2D eigenvalue weighted by Gasteiger charge is 2.31. The standard InChI is InChI=1S/C13H19NO2S/c1-11-2-5-14(12(15)8-11)9-13(10-17)3-6-16-7-4-13/h2,5,8,17H,3-4,6-7,9-10H2,1H3. The highest BCUT2D eigenvalue weighted by molar-refractivity contribution is 7.80. The van der Waals surface area contributed by atoms with Gasteiger partial charge in [0.15, 0.2) is 0 Å². The van der Waals surface area contributed by atoms with E-state index in [-0.39, 0.29) is 11.0 Å². The number of thiol groups is 1. The molecule has 0 bridgehead atoms. The Labute approximate surface area is 107 Å². The largest absolute Gasteiger partial charge is 0.381 e. The molecule has 1 fully saturated rings. The fourth-order valence-corrected chi connectivity index (χ4v) is 2.69. The van der Waals surface area contributed by atoms with E-state index in [9.17, 15) is 4.79 Å². The van der Waals surface area contributed by atoms with Gasteiger partial charge >= 0.3 is 0 Å². The molecule has 1 aliphatic rings. The zero-order valence-corrected chi connectivity index (χ0v) is 11.1. The molecule has 1 aromatic heterocycles. The van der Waals surface area contributed by atoms with Crippen LogP contribution in [-0.4, -0.2) is 23.5 Å². The van der Waals surface area contributed by atoms with Crippen LogP contribution in [0.5, 0.6) is 0 Å². The molecule has 1 aromatic rings. The molecule has 94 valence electrons. The Balaban J connectivity index is 2.20. The molecule has 0 unspecified atom stereocenters. The molecule has 0 aliphatic carbocycles. The average Bonchev–Trinajstić information content (AvgIpc) is 2.34. The van der Waals surface area contributed by atoms with E-state index in [2.05, 4.69) is 12.6 Å². The monoisotopic (exact) mass is 253 g/mol. The summed E-state index contributed by atoms with van der Waals surface area (Å²) in [6.45, 7) is 4.25. The zero-order valence-electron chi connectivity index (χ0n) is 10.2. The molecule has 0 N–H and O–H groups in total. The van der Waals surface area contributed by atoms with Crippen molar-refractivity contribution in [1.82, 2.24) is 4.57 Å². The van der Waals surface area contributed by atoms with Gasteiger partial charge in [-0.05, 0) is 37.1 Å². The minimum Gasteiger partial charge on any atom is -0.381 e. The van der Waals surface area contributed by atoms with Gasteiger partial charge < -0.3 is 9.30 Å². The Morgan fingerprint density at radius 2 is 2.18 bits per heavy atom. The lowest BCUT2D eigenvalue weighted by Crippen LogP contribution is -2.38. The molecule has 0 saturated carbocycles. The van der Waals surface area contributed by atoms with Crippen LogP contribution >= 0.6 is 12.6 Å². The number of hydrogen-bond acceptors (Lipinski definition) is 3. The van der Waals surface area contributed by atoms with Crippen LogP contribution < -0.4 is 5.56 Å². The van der Waals surface area contributed by atoms with E-state index >= 15 is 0 Å². The molecule has 0 amide bonds. The second-order valence-electron chi connectivity index (χ2n) is 4.94. The Kier molecular flexibility index (Phi) is 3.94. The van der Waals surface area contributed by atoms with E-state index in [1.807, 2.05) is 19.2 Å². The molecular formula is C13H19NO2S. The van der Waals surface area contributed by atoms with Gasteiger partial charge in [0.05, 0.1) is 0 Å². The van der Waals surface area contributed by atoms with Gasteiger partial charge in [-0.1, -0.05) is 0 Å². The normalized spacial score (nSPS) is 19.2. The lowest BCUT2D eigenvalue weighted by Gasteiger charge is -2.36. The summed E-state index contributed by atoms with van der Waals surface area (Å²) in [4.78, 5) is 11.9. The second kappa shape index (κ2) is 5.27. The molecule has 0 radical (unpaired) electrons. The maximum Gasteiger partial charge on any atom is 0.250 e. The van der Waals surface area contributed by atoms with Crippen LogP contribution in [0.25, 0.3) is 0 Å². The maximum absolute atomic E-state index is 11.9. The Morgan fingerprint density at radius 3 is 2.76 bits per heavy atom. The van der Waals surface area contributed by atoms with Gasteiger partial charge in [-0.3, -0.25) is 4.79 Å². The van der Waals surface area contributed by atoms with Gasteiger partial charge in [0.1, 0.15) is 0 Å². The first-order valence-electron chi connectivity index (χ1n) is 6.01. The van der Waals surface area contributed by atoms with E-state index in [4.69, 9.17) is 4.74 Å². The minimum atomic E-state index is 0.0812.